The summed E-state index contributed by atoms with van der Waals surface area (Å²) in [5.74, 6) is -0.812. The molecule has 9 heteroatoms. The number of rotatable bonds is 13. The first-order valence-corrected chi connectivity index (χ1v) is 16.8. The van der Waals surface area contributed by atoms with Gasteiger partial charge < -0.3 is 10.2 Å². The molecule has 0 saturated carbocycles. The summed E-state index contributed by atoms with van der Waals surface area (Å²) < 4.78 is 29.6. The van der Waals surface area contributed by atoms with Crippen molar-refractivity contribution in [2.24, 2.45) is 0 Å². The fourth-order valence-corrected chi connectivity index (χ4v) is 6.77. The number of halogens is 1. The Bertz CT molecular complexity index is 1730. The Kier molecular flexibility index (Phi) is 11.4. The predicted molar refractivity (Wildman–Crippen MR) is 181 cm³/mol. The lowest BCUT2D eigenvalue weighted by molar-refractivity contribution is -0.140. The van der Waals surface area contributed by atoms with Crippen molar-refractivity contribution >= 4 is 39.1 Å². The molecule has 4 aromatic carbocycles. The van der Waals surface area contributed by atoms with E-state index in [0.717, 1.165) is 33.0 Å². The molecular formula is C36H40ClN3O4S. The maximum Gasteiger partial charge on any atom is 0.264 e. The number of carbonyl (C=O) groups is 2. The summed E-state index contributed by atoms with van der Waals surface area (Å²) in [6.45, 7) is 7.60. The Morgan fingerprint density at radius 1 is 0.822 bits per heavy atom. The number of anilines is 1. The number of nitrogens with zero attached hydrogens (tertiary/aromatic N) is 2. The predicted octanol–water partition coefficient (Wildman–Crippen LogP) is 6.63. The second kappa shape index (κ2) is 15.2. The largest absolute Gasteiger partial charge is 0.354 e. The van der Waals surface area contributed by atoms with E-state index in [1.165, 1.54) is 17.0 Å². The van der Waals surface area contributed by atoms with Gasteiger partial charge >= 0.3 is 0 Å². The van der Waals surface area contributed by atoms with E-state index >= 15 is 0 Å². The Morgan fingerprint density at radius 2 is 1.51 bits per heavy atom. The number of carbonyl (C=O) groups excluding carboxylic acids is 2. The van der Waals surface area contributed by atoms with Crippen LogP contribution in [0.5, 0.6) is 0 Å². The number of benzene rings is 4. The van der Waals surface area contributed by atoms with Crippen molar-refractivity contribution in [3.63, 3.8) is 0 Å². The van der Waals surface area contributed by atoms with Crippen LogP contribution in [-0.4, -0.2) is 44.3 Å². The molecule has 1 N–H and O–H groups in total. The zero-order valence-electron chi connectivity index (χ0n) is 26.2. The van der Waals surface area contributed by atoms with Gasteiger partial charge in [-0.25, -0.2) is 8.42 Å². The second-order valence-corrected chi connectivity index (χ2v) is 13.6. The summed E-state index contributed by atoms with van der Waals surface area (Å²) in [5.41, 5.74) is 4.55. The lowest BCUT2D eigenvalue weighted by Gasteiger charge is -2.34. The molecule has 4 rings (SSSR count). The highest BCUT2D eigenvalue weighted by molar-refractivity contribution is 7.92. The van der Waals surface area contributed by atoms with Gasteiger partial charge in [0.05, 0.1) is 10.6 Å². The van der Waals surface area contributed by atoms with Gasteiger partial charge in [-0.1, -0.05) is 102 Å². The maximum atomic E-state index is 14.6. The van der Waals surface area contributed by atoms with Gasteiger partial charge in [0.25, 0.3) is 10.0 Å². The third-order valence-corrected chi connectivity index (χ3v) is 9.59. The molecule has 2 amide bonds. The number of hydrogen-bond donors (Lipinski definition) is 1. The minimum Gasteiger partial charge on any atom is -0.354 e. The van der Waals surface area contributed by atoms with Crippen molar-refractivity contribution in [1.29, 1.82) is 0 Å². The van der Waals surface area contributed by atoms with Crippen LogP contribution < -0.4 is 9.62 Å². The Hall–Kier alpha value is -4.14. The van der Waals surface area contributed by atoms with Crippen molar-refractivity contribution in [3.05, 3.63) is 130 Å². The average molecular weight is 646 g/mol. The summed E-state index contributed by atoms with van der Waals surface area (Å²) >= 11 is 6.36. The van der Waals surface area contributed by atoms with Crippen LogP contribution in [0.3, 0.4) is 0 Å². The van der Waals surface area contributed by atoms with Crippen LogP contribution in [-0.2, 0) is 32.6 Å². The summed E-state index contributed by atoms with van der Waals surface area (Å²) in [5, 5.41) is 3.30. The van der Waals surface area contributed by atoms with Gasteiger partial charge in [-0.3, -0.25) is 13.9 Å². The first-order valence-electron chi connectivity index (χ1n) is 15.0. The van der Waals surface area contributed by atoms with Crippen molar-refractivity contribution in [3.8, 4) is 0 Å². The summed E-state index contributed by atoms with van der Waals surface area (Å²) in [6.07, 6.45) is 0.987. The number of hydrogen-bond acceptors (Lipinski definition) is 4. The molecule has 0 unspecified atom stereocenters. The summed E-state index contributed by atoms with van der Waals surface area (Å²) in [6, 6.07) is 27.8. The van der Waals surface area contributed by atoms with Crippen LogP contribution in [0.25, 0.3) is 0 Å². The summed E-state index contributed by atoms with van der Waals surface area (Å²) in [4.78, 5) is 29.9. The van der Waals surface area contributed by atoms with Gasteiger partial charge in [-0.2, -0.15) is 0 Å². The lowest BCUT2D eigenvalue weighted by atomic mass is 10.0. The van der Waals surface area contributed by atoms with E-state index in [2.05, 4.69) is 5.32 Å². The molecule has 236 valence electrons. The molecule has 0 aliphatic carbocycles. The number of sulfonamides is 1. The molecule has 4 aromatic rings. The fourth-order valence-electron chi connectivity index (χ4n) is 5.13. The normalized spacial score (nSPS) is 11.9. The topological polar surface area (TPSA) is 86.8 Å². The number of nitrogens with one attached hydrogen (secondary N) is 1. The molecule has 0 spiro atoms. The van der Waals surface area contributed by atoms with Crippen LogP contribution in [0.1, 0.15) is 41.2 Å². The van der Waals surface area contributed by atoms with E-state index < -0.39 is 28.5 Å². The van der Waals surface area contributed by atoms with Gasteiger partial charge in [-0.15, -0.1) is 0 Å². The van der Waals surface area contributed by atoms with Gasteiger partial charge in [0.2, 0.25) is 11.8 Å². The van der Waals surface area contributed by atoms with E-state index in [0.29, 0.717) is 22.8 Å². The molecular weight excluding hydrogens is 606 g/mol. The fraction of sp³-hybridized carbons (Fsp3) is 0.278. The first kappa shape index (κ1) is 33.7. The SMILES string of the molecule is CCCNC(=O)[C@@H](Cc1ccccc1)N(Cc1cccc(C)c1)C(=O)CN(c1cc(Cl)ccc1C)S(=O)(=O)c1ccc(C)cc1. The molecule has 0 bridgehead atoms. The lowest BCUT2D eigenvalue weighted by Crippen LogP contribution is -2.53. The first-order chi connectivity index (χ1) is 21.5. The molecule has 0 aliphatic heterocycles. The summed E-state index contributed by atoms with van der Waals surface area (Å²) in [7, 11) is -4.21. The molecule has 0 aromatic heterocycles. The highest BCUT2D eigenvalue weighted by Crippen LogP contribution is 2.30. The highest BCUT2D eigenvalue weighted by atomic mass is 35.5. The highest BCUT2D eigenvalue weighted by Gasteiger charge is 2.35. The molecule has 0 saturated heterocycles. The van der Waals surface area contributed by atoms with Crippen LogP contribution >= 0.6 is 11.6 Å². The van der Waals surface area contributed by atoms with E-state index in [1.807, 2.05) is 75.4 Å². The van der Waals surface area contributed by atoms with Crippen molar-refractivity contribution in [2.75, 3.05) is 17.4 Å². The standard InChI is InChI=1S/C36H40ClN3O4S/c1-5-20-38-36(42)34(22-29-11-7-6-8-12-29)39(24-30-13-9-10-27(3)21-30)35(41)25-40(33-23-31(37)17-16-28(33)4)45(43,44)32-18-14-26(2)15-19-32/h6-19,21,23,34H,5,20,22,24-25H2,1-4H3,(H,38,42)/t34-/m1/s1. The quantitative estimate of drug-likeness (QED) is 0.177. The van der Waals surface area contributed by atoms with Crippen molar-refractivity contribution in [1.82, 2.24) is 10.2 Å². The number of amides is 2. The minimum absolute atomic E-state index is 0.0482. The minimum atomic E-state index is -4.21. The van der Waals surface area contributed by atoms with Crippen LogP contribution in [0, 0.1) is 20.8 Å². The van der Waals surface area contributed by atoms with Gasteiger partial charge in [-0.05, 0) is 68.1 Å². The van der Waals surface area contributed by atoms with Crippen LogP contribution in [0.15, 0.2) is 102 Å². The van der Waals surface area contributed by atoms with E-state index in [-0.39, 0.29) is 23.8 Å². The Morgan fingerprint density at radius 3 is 2.18 bits per heavy atom. The van der Waals surface area contributed by atoms with E-state index in [9.17, 15) is 18.0 Å². The third-order valence-electron chi connectivity index (χ3n) is 7.58. The van der Waals surface area contributed by atoms with Crippen molar-refractivity contribution < 1.29 is 18.0 Å². The Labute approximate surface area is 271 Å². The van der Waals surface area contributed by atoms with Crippen molar-refractivity contribution in [2.45, 2.75) is 58.0 Å². The molecule has 45 heavy (non-hydrogen) atoms. The van der Waals surface area contributed by atoms with Gasteiger partial charge in [0, 0.05) is 24.5 Å². The monoisotopic (exact) mass is 645 g/mol. The molecule has 0 heterocycles. The zero-order chi connectivity index (χ0) is 32.6. The average Bonchev–Trinajstić information content (AvgIpc) is 3.02. The molecule has 0 aliphatic rings. The molecule has 0 radical (unpaired) electrons. The molecule has 7 nitrogen and oxygen atoms in total. The van der Waals surface area contributed by atoms with Gasteiger partial charge in [0.15, 0.2) is 0 Å². The van der Waals surface area contributed by atoms with Crippen LogP contribution in [0.2, 0.25) is 5.02 Å². The maximum absolute atomic E-state index is 14.6. The Balaban J connectivity index is 1.83. The zero-order valence-corrected chi connectivity index (χ0v) is 27.7. The molecule has 0 fully saturated rings. The second-order valence-electron chi connectivity index (χ2n) is 11.3. The smallest absolute Gasteiger partial charge is 0.264 e. The number of aryl methyl sites for hydroxylation is 3. The molecule has 1 atom stereocenters. The van der Waals surface area contributed by atoms with E-state index in [4.69, 9.17) is 11.6 Å². The van der Waals surface area contributed by atoms with E-state index in [1.54, 1.807) is 37.3 Å². The van der Waals surface area contributed by atoms with Crippen LogP contribution in [0.4, 0.5) is 5.69 Å². The van der Waals surface area contributed by atoms with Gasteiger partial charge in [0.1, 0.15) is 12.6 Å². The third kappa shape index (κ3) is 8.74.